The van der Waals surface area contributed by atoms with Crippen LogP contribution in [-0.4, -0.2) is 19.3 Å². The molecule has 0 unspecified atom stereocenters. The summed E-state index contributed by atoms with van der Waals surface area (Å²) in [4.78, 5) is 0. The molecule has 1 aromatic rings. The molecule has 0 bridgehead atoms. The molecule has 0 aliphatic heterocycles. The number of hydrogen-bond acceptors (Lipinski definition) is 4. The molecular weight excluding hydrogens is 218 g/mol. The van der Waals surface area contributed by atoms with Gasteiger partial charge in [-0.3, -0.25) is 0 Å². The molecule has 0 saturated heterocycles. The molecule has 80 valence electrons. The van der Waals surface area contributed by atoms with Crippen LogP contribution in [-0.2, 0) is 6.42 Å². The largest absolute Gasteiger partial charge is 0.504 e. The number of phenols is 1. The Kier molecular flexibility index (Phi) is 3.64. The van der Waals surface area contributed by atoms with Crippen LogP contribution in [0.3, 0.4) is 0 Å². The van der Waals surface area contributed by atoms with E-state index in [2.05, 4.69) is 0 Å². The lowest BCUT2D eigenvalue weighted by molar-refractivity contribution is 0.331. The van der Waals surface area contributed by atoms with Crippen molar-refractivity contribution < 1.29 is 14.6 Å². The van der Waals surface area contributed by atoms with Gasteiger partial charge in [0.25, 0.3) is 0 Å². The molecule has 0 aromatic heterocycles. The maximum Gasteiger partial charge on any atom is 0.203 e. The Morgan fingerprint density at radius 3 is 2.60 bits per heavy atom. The van der Waals surface area contributed by atoms with E-state index in [4.69, 9.17) is 26.3 Å². The molecule has 0 amide bonds. The molecule has 0 saturated carbocycles. The SMILES string of the molecule is COc1cc(Cl)c(CC#N)c(O)c1OC. The smallest absolute Gasteiger partial charge is 0.203 e. The van der Waals surface area contributed by atoms with Gasteiger partial charge in [0.15, 0.2) is 11.5 Å². The molecule has 0 radical (unpaired) electrons. The molecular formula is C10H10ClNO3. The lowest BCUT2D eigenvalue weighted by atomic mass is 10.1. The van der Waals surface area contributed by atoms with Crippen molar-refractivity contribution in [2.75, 3.05) is 14.2 Å². The van der Waals surface area contributed by atoms with Crippen molar-refractivity contribution in [3.05, 3.63) is 16.7 Å². The Balaban J connectivity index is 3.39. The van der Waals surface area contributed by atoms with Gasteiger partial charge in [-0.1, -0.05) is 11.6 Å². The topological polar surface area (TPSA) is 62.5 Å². The predicted molar refractivity (Wildman–Crippen MR) is 55.5 cm³/mol. The van der Waals surface area contributed by atoms with E-state index in [1.165, 1.54) is 20.3 Å². The number of methoxy groups -OCH3 is 2. The molecule has 1 N–H and O–H groups in total. The normalized spacial score (nSPS) is 9.47. The van der Waals surface area contributed by atoms with Gasteiger partial charge in [-0.05, 0) is 0 Å². The second kappa shape index (κ2) is 4.76. The Hall–Kier alpha value is -1.60. The Morgan fingerprint density at radius 2 is 2.13 bits per heavy atom. The molecule has 1 aromatic carbocycles. The van der Waals surface area contributed by atoms with Gasteiger partial charge in [0.05, 0.1) is 31.7 Å². The lowest BCUT2D eigenvalue weighted by Crippen LogP contribution is -1.95. The van der Waals surface area contributed by atoms with Gasteiger partial charge in [-0.25, -0.2) is 0 Å². The maximum absolute atomic E-state index is 9.77. The fourth-order valence-corrected chi connectivity index (χ4v) is 1.49. The molecule has 0 spiro atoms. The van der Waals surface area contributed by atoms with Gasteiger partial charge in [-0.15, -0.1) is 0 Å². The first-order valence-corrected chi connectivity index (χ1v) is 4.52. The summed E-state index contributed by atoms with van der Waals surface area (Å²) in [5.41, 5.74) is 0.344. The van der Waals surface area contributed by atoms with Crippen molar-refractivity contribution in [1.29, 1.82) is 5.26 Å². The third-order valence-electron chi connectivity index (χ3n) is 1.95. The quantitative estimate of drug-likeness (QED) is 0.859. The van der Waals surface area contributed by atoms with Crippen molar-refractivity contribution in [2.45, 2.75) is 6.42 Å². The molecule has 15 heavy (non-hydrogen) atoms. The molecule has 0 fully saturated rings. The zero-order valence-electron chi connectivity index (χ0n) is 8.37. The summed E-state index contributed by atoms with van der Waals surface area (Å²) in [5.74, 6) is 0.372. The molecule has 4 nitrogen and oxygen atoms in total. The third-order valence-corrected chi connectivity index (χ3v) is 2.29. The molecule has 0 heterocycles. The highest BCUT2D eigenvalue weighted by Gasteiger charge is 2.17. The van der Waals surface area contributed by atoms with Crippen molar-refractivity contribution in [3.8, 4) is 23.3 Å². The standard InChI is InChI=1S/C10H10ClNO3/c1-14-8-5-7(11)6(3-4-12)9(13)10(8)15-2/h5,13H,3H2,1-2H3. The molecule has 0 aliphatic rings. The highest BCUT2D eigenvalue weighted by molar-refractivity contribution is 6.31. The fraction of sp³-hybridized carbons (Fsp3) is 0.300. The van der Waals surface area contributed by atoms with Crippen molar-refractivity contribution in [2.24, 2.45) is 0 Å². The number of halogens is 1. The highest BCUT2D eigenvalue weighted by atomic mass is 35.5. The summed E-state index contributed by atoms with van der Waals surface area (Å²) in [6.45, 7) is 0. The van der Waals surface area contributed by atoms with Crippen LogP contribution < -0.4 is 9.47 Å². The van der Waals surface area contributed by atoms with Crippen LogP contribution in [0.4, 0.5) is 0 Å². The minimum Gasteiger partial charge on any atom is -0.504 e. The van der Waals surface area contributed by atoms with E-state index in [1.54, 1.807) is 0 Å². The van der Waals surface area contributed by atoms with E-state index in [0.29, 0.717) is 11.3 Å². The van der Waals surface area contributed by atoms with Gasteiger partial charge in [-0.2, -0.15) is 5.26 Å². The molecule has 0 atom stereocenters. The Labute approximate surface area is 92.6 Å². The first-order valence-electron chi connectivity index (χ1n) is 4.15. The minimum atomic E-state index is -0.150. The minimum absolute atomic E-state index is 0.0189. The molecule has 1 rings (SSSR count). The zero-order valence-corrected chi connectivity index (χ0v) is 9.13. The predicted octanol–water partition coefficient (Wildman–Crippen LogP) is 2.13. The Bertz CT molecular complexity index is 412. The number of nitrogens with zero attached hydrogens (tertiary/aromatic N) is 1. The van der Waals surface area contributed by atoms with Crippen molar-refractivity contribution >= 4 is 11.6 Å². The summed E-state index contributed by atoms with van der Waals surface area (Å²) in [7, 11) is 2.85. The van der Waals surface area contributed by atoms with Gasteiger partial charge in [0.2, 0.25) is 5.75 Å². The fourth-order valence-electron chi connectivity index (χ4n) is 1.23. The summed E-state index contributed by atoms with van der Waals surface area (Å²) in [5, 5.41) is 18.6. The van der Waals surface area contributed by atoms with Crippen LogP contribution in [0.5, 0.6) is 17.2 Å². The van der Waals surface area contributed by atoms with Gasteiger partial charge in [0, 0.05) is 11.6 Å². The molecule has 0 aliphatic carbocycles. The first kappa shape index (κ1) is 11.5. The second-order valence-electron chi connectivity index (χ2n) is 2.76. The molecule has 5 heteroatoms. The number of ether oxygens (including phenoxy) is 2. The van der Waals surface area contributed by atoms with E-state index in [9.17, 15) is 5.11 Å². The number of hydrogen-bond donors (Lipinski definition) is 1. The van der Waals surface area contributed by atoms with Crippen LogP contribution >= 0.6 is 11.6 Å². The third kappa shape index (κ3) is 2.08. The summed E-state index contributed by atoms with van der Waals surface area (Å²) in [6, 6.07) is 3.42. The number of aromatic hydroxyl groups is 1. The van der Waals surface area contributed by atoms with E-state index in [0.717, 1.165) is 0 Å². The van der Waals surface area contributed by atoms with Crippen LogP contribution in [0, 0.1) is 11.3 Å². The van der Waals surface area contributed by atoms with Gasteiger partial charge >= 0.3 is 0 Å². The number of phenolic OH excluding ortho intramolecular Hbond substituents is 1. The van der Waals surface area contributed by atoms with Crippen molar-refractivity contribution in [1.82, 2.24) is 0 Å². The second-order valence-corrected chi connectivity index (χ2v) is 3.16. The van der Waals surface area contributed by atoms with E-state index in [-0.39, 0.29) is 22.9 Å². The van der Waals surface area contributed by atoms with E-state index < -0.39 is 0 Å². The van der Waals surface area contributed by atoms with Crippen LogP contribution in [0.2, 0.25) is 5.02 Å². The van der Waals surface area contributed by atoms with E-state index >= 15 is 0 Å². The maximum atomic E-state index is 9.77. The number of nitriles is 1. The average Bonchev–Trinajstić information content (AvgIpc) is 2.23. The number of rotatable bonds is 3. The number of benzene rings is 1. The van der Waals surface area contributed by atoms with E-state index in [1.807, 2.05) is 6.07 Å². The van der Waals surface area contributed by atoms with Crippen LogP contribution in [0.15, 0.2) is 6.07 Å². The Morgan fingerprint density at radius 1 is 1.47 bits per heavy atom. The summed E-state index contributed by atoms with van der Waals surface area (Å²) >= 11 is 5.87. The lowest BCUT2D eigenvalue weighted by Gasteiger charge is -2.12. The van der Waals surface area contributed by atoms with Crippen LogP contribution in [0.25, 0.3) is 0 Å². The van der Waals surface area contributed by atoms with Gasteiger partial charge in [0.1, 0.15) is 0 Å². The first-order chi connectivity index (χ1) is 7.15. The highest BCUT2D eigenvalue weighted by Crippen LogP contribution is 2.43. The monoisotopic (exact) mass is 227 g/mol. The zero-order chi connectivity index (χ0) is 11.4. The summed E-state index contributed by atoms with van der Waals surface area (Å²) in [6.07, 6.45) is 0.0189. The summed E-state index contributed by atoms with van der Waals surface area (Å²) < 4.78 is 9.94. The van der Waals surface area contributed by atoms with Crippen LogP contribution in [0.1, 0.15) is 5.56 Å². The average molecular weight is 228 g/mol. The van der Waals surface area contributed by atoms with Crippen molar-refractivity contribution in [3.63, 3.8) is 0 Å². The van der Waals surface area contributed by atoms with Gasteiger partial charge < -0.3 is 14.6 Å².